The molecule has 3 aromatic rings. The normalized spacial score (nSPS) is 12.0. The Morgan fingerprint density at radius 3 is 2.86 bits per heavy atom. The largest absolute Gasteiger partial charge is 0.365 e. The van der Waals surface area contributed by atoms with Crippen LogP contribution in [-0.4, -0.2) is 32.0 Å². The average Bonchev–Trinajstić information content (AvgIpc) is 2.70. The predicted molar refractivity (Wildman–Crippen MR) is 117 cm³/mol. The van der Waals surface area contributed by atoms with Gasteiger partial charge in [-0.1, -0.05) is 37.5 Å². The first-order valence-corrected chi connectivity index (χ1v) is 10.1. The highest BCUT2D eigenvalue weighted by Crippen LogP contribution is 2.28. The Labute approximate surface area is 166 Å². The fourth-order valence-corrected chi connectivity index (χ4v) is 3.10. The maximum atomic E-state index is 11.4. The minimum absolute atomic E-state index is 0.559. The summed E-state index contributed by atoms with van der Waals surface area (Å²) < 4.78 is 14.3. The molecular weight excluding hydrogens is 370 g/mol. The number of benzene rings is 1. The van der Waals surface area contributed by atoms with E-state index in [1.54, 1.807) is 24.7 Å². The number of nitrogens with zero attached hydrogens (tertiary/aromatic N) is 3. The van der Waals surface area contributed by atoms with Gasteiger partial charge in [-0.3, -0.25) is 4.98 Å². The highest BCUT2D eigenvalue weighted by Gasteiger charge is 2.07. The van der Waals surface area contributed by atoms with E-state index in [1.165, 1.54) is 6.33 Å². The molecule has 28 heavy (non-hydrogen) atoms. The SMILES string of the molecule is C=C/C=C\C(=C)CNc1ncnc2ccc(-c3cncc(NS(C)=O)c3)cc12. The van der Waals surface area contributed by atoms with Gasteiger partial charge in [0.1, 0.15) is 23.1 Å². The van der Waals surface area contributed by atoms with Gasteiger partial charge in [0.15, 0.2) is 0 Å². The van der Waals surface area contributed by atoms with Crippen LogP contribution < -0.4 is 10.0 Å². The van der Waals surface area contributed by atoms with Crippen molar-refractivity contribution in [1.29, 1.82) is 0 Å². The Kier molecular flexibility index (Phi) is 6.29. The number of allylic oxidation sites excluding steroid dienone is 2. The maximum absolute atomic E-state index is 11.4. The van der Waals surface area contributed by atoms with Crippen molar-refractivity contribution in [2.45, 2.75) is 0 Å². The molecule has 2 heterocycles. The highest BCUT2D eigenvalue weighted by atomic mass is 32.2. The van der Waals surface area contributed by atoms with Crippen molar-refractivity contribution in [2.75, 3.05) is 22.8 Å². The summed E-state index contributed by atoms with van der Waals surface area (Å²) in [6, 6.07) is 7.86. The Hall–Kier alpha value is -3.32. The summed E-state index contributed by atoms with van der Waals surface area (Å²) in [6.45, 7) is 8.22. The van der Waals surface area contributed by atoms with Gasteiger partial charge in [-0.2, -0.15) is 0 Å². The second-order valence-electron chi connectivity index (χ2n) is 6.08. The lowest BCUT2D eigenvalue weighted by molar-refractivity contribution is 0.690. The van der Waals surface area contributed by atoms with Gasteiger partial charge in [0.05, 0.1) is 17.4 Å². The van der Waals surface area contributed by atoms with Gasteiger partial charge in [0.25, 0.3) is 0 Å². The van der Waals surface area contributed by atoms with Crippen LogP contribution >= 0.6 is 0 Å². The zero-order valence-corrected chi connectivity index (χ0v) is 16.4. The molecule has 0 aliphatic heterocycles. The van der Waals surface area contributed by atoms with Crippen molar-refractivity contribution >= 4 is 33.4 Å². The Morgan fingerprint density at radius 2 is 2.07 bits per heavy atom. The Bertz CT molecular complexity index is 1080. The summed E-state index contributed by atoms with van der Waals surface area (Å²) >= 11 is 0. The summed E-state index contributed by atoms with van der Waals surface area (Å²) in [5.74, 6) is 0.733. The first-order chi connectivity index (χ1) is 13.6. The smallest absolute Gasteiger partial charge is 0.137 e. The molecular formula is C21H21N5OS. The number of hydrogen-bond acceptors (Lipinski definition) is 5. The van der Waals surface area contributed by atoms with Gasteiger partial charge < -0.3 is 10.0 Å². The van der Waals surface area contributed by atoms with Crippen molar-refractivity contribution in [3.05, 3.63) is 79.9 Å². The quantitative estimate of drug-likeness (QED) is 0.565. The van der Waals surface area contributed by atoms with Gasteiger partial charge in [-0.25, -0.2) is 14.2 Å². The molecule has 0 aliphatic carbocycles. The maximum Gasteiger partial charge on any atom is 0.137 e. The van der Waals surface area contributed by atoms with Gasteiger partial charge in [0.2, 0.25) is 0 Å². The molecule has 0 fully saturated rings. The minimum atomic E-state index is -1.16. The van der Waals surface area contributed by atoms with E-state index in [-0.39, 0.29) is 0 Å². The van der Waals surface area contributed by atoms with Crippen LogP contribution in [0.4, 0.5) is 11.5 Å². The van der Waals surface area contributed by atoms with E-state index in [0.717, 1.165) is 33.4 Å². The van der Waals surface area contributed by atoms with Crippen LogP contribution in [0.3, 0.4) is 0 Å². The molecule has 0 aliphatic rings. The summed E-state index contributed by atoms with van der Waals surface area (Å²) in [5, 5.41) is 4.21. The molecule has 0 bridgehead atoms. The van der Waals surface area contributed by atoms with E-state index in [0.29, 0.717) is 12.2 Å². The van der Waals surface area contributed by atoms with Gasteiger partial charge in [-0.15, -0.1) is 0 Å². The first kappa shape index (κ1) is 19.4. The lowest BCUT2D eigenvalue weighted by Crippen LogP contribution is -2.05. The average molecular weight is 392 g/mol. The van der Waals surface area contributed by atoms with E-state index >= 15 is 0 Å². The second kappa shape index (κ2) is 9.05. The zero-order valence-electron chi connectivity index (χ0n) is 15.6. The minimum Gasteiger partial charge on any atom is -0.365 e. The third kappa shape index (κ3) is 4.89. The van der Waals surface area contributed by atoms with Crippen molar-refractivity contribution in [3.63, 3.8) is 0 Å². The first-order valence-electron chi connectivity index (χ1n) is 8.58. The van der Waals surface area contributed by atoms with Crippen LogP contribution in [-0.2, 0) is 11.0 Å². The number of pyridine rings is 1. The number of anilines is 2. The third-order valence-electron chi connectivity index (χ3n) is 3.92. The molecule has 0 radical (unpaired) electrons. The van der Waals surface area contributed by atoms with E-state index < -0.39 is 11.0 Å². The van der Waals surface area contributed by atoms with Crippen molar-refractivity contribution in [3.8, 4) is 11.1 Å². The van der Waals surface area contributed by atoms with Crippen LogP contribution in [0.25, 0.3) is 22.0 Å². The summed E-state index contributed by atoms with van der Waals surface area (Å²) in [4.78, 5) is 12.9. The molecule has 1 aromatic carbocycles. The second-order valence-corrected chi connectivity index (χ2v) is 7.19. The molecule has 0 saturated heterocycles. The summed E-state index contributed by atoms with van der Waals surface area (Å²) in [5.41, 5.74) is 4.33. The lowest BCUT2D eigenvalue weighted by atomic mass is 10.0. The van der Waals surface area contributed by atoms with Crippen molar-refractivity contribution < 1.29 is 4.21 Å². The fourth-order valence-electron chi connectivity index (χ4n) is 2.66. The van der Waals surface area contributed by atoms with Crippen LogP contribution in [0.5, 0.6) is 0 Å². The van der Waals surface area contributed by atoms with E-state index in [1.807, 2.05) is 36.4 Å². The Morgan fingerprint density at radius 1 is 1.21 bits per heavy atom. The van der Waals surface area contributed by atoms with E-state index in [2.05, 4.69) is 38.1 Å². The van der Waals surface area contributed by atoms with Gasteiger partial charge >= 0.3 is 0 Å². The zero-order chi connectivity index (χ0) is 19.9. The fraction of sp³-hybridized carbons (Fsp3) is 0.0952. The number of hydrogen-bond donors (Lipinski definition) is 2. The molecule has 1 unspecified atom stereocenters. The number of nitrogens with one attached hydrogen (secondary N) is 2. The molecule has 6 nitrogen and oxygen atoms in total. The summed E-state index contributed by atoms with van der Waals surface area (Å²) in [7, 11) is -1.16. The van der Waals surface area contributed by atoms with Crippen LogP contribution in [0.15, 0.2) is 79.9 Å². The number of aromatic nitrogens is 3. The van der Waals surface area contributed by atoms with Gasteiger partial charge in [-0.05, 0) is 29.3 Å². The monoisotopic (exact) mass is 391 g/mol. The molecule has 7 heteroatoms. The molecule has 3 rings (SSSR count). The number of fused-ring (bicyclic) bond motifs is 1. The number of rotatable bonds is 8. The Balaban J connectivity index is 1.92. The molecule has 142 valence electrons. The van der Waals surface area contributed by atoms with Crippen LogP contribution in [0.1, 0.15) is 0 Å². The summed E-state index contributed by atoms with van der Waals surface area (Å²) in [6.07, 6.45) is 12.0. The molecule has 2 N–H and O–H groups in total. The topological polar surface area (TPSA) is 79.8 Å². The highest BCUT2D eigenvalue weighted by molar-refractivity contribution is 7.85. The molecule has 0 amide bonds. The molecule has 0 spiro atoms. The predicted octanol–water partition coefficient (Wildman–Crippen LogP) is 4.11. The van der Waals surface area contributed by atoms with E-state index in [4.69, 9.17) is 0 Å². The van der Waals surface area contributed by atoms with Gasteiger partial charge in [0, 0.05) is 29.9 Å². The third-order valence-corrected chi connectivity index (χ3v) is 4.44. The van der Waals surface area contributed by atoms with Crippen LogP contribution in [0.2, 0.25) is 0 Å². The lowest BCUT2D eigenvalue weighted by Gasteiger charge is -2.10. The van der Waals surface area contributed by atoms with Crippen LogP contribution in [0, 0.1) is 0 Å². The van der Waals surface area contributed by atoms with Crippen molar-refractivity contribution in [1.82, 2.24) is 15.0 Å². The molecule has 0 saturated carbocycles. The standard InChI is InChI=1S/C21H21N5OS/c1-4-5-6-15(2)11-23-21-19-10-16(7-8-20(19)24-14-25-21)17-9-18(13-22-12-17)26-28(3)27/h4-10,12-14,26H,1-2,11H2,3H3,(H,23,24,25)/b6-5-. The van der Waals surface area contributed by atoms with E-state index in [9.17, 15) is 4.21 Å². The molecule has 2 aromatic heterocycles. The molecule has 1 atom stereocenters. The van der Waals surface area contributed by atoms with Crippen molar-refractivity contribution in [2.24, 2.45) is 0 Å².